The van der Waals surface area contributed by atoms with E-state index in [-0.39, 0.29) is 6.61 Å². The first-order valence-electron chi connectivity index (χ1n) is 5.08. The number of thioether (sulfide) groups is 1. The Kier molecular flexibility index (Phi) is 5.05. The van der Waals surface area contributed by atoms with Crippen LogP contribution in [0.15, 0.2) is 29.2 Å². The van der Waals surface area contributed by atoms with Crippen LogP contribution in [0.3, 0.4) is 0 Å². The Labute approximate surface area is 90.5 Å². The molecule has 0 saturated heterocycles. The van der Waals surface area contributed by atoms with Crippen LogP contribution >= 0.6 is 11.8 Å². The summed E-state index contributed by atoms with van der Waals surface area (Å²) in [5, 5.41) is 8.88. The van der Waals surface area contributed by atoms with Crippen molar-refractivity contribution in [3.63, 3.8) is 0 Å². The van der Waals surface area contributed by atoms with Crippen LogP contribution < -0.4 is 0 Å². The quantitative estimate of drug-likeness (QED) is 0.752. The van der Waals surface area contributed by atoms with Gasteiger partial charge in [0, 0.05) is 10.6 Å². The zero-order chi connectivity index (χ0) is 10.4. The lowest BCUT2D eigenvalue weighted by molar-refractivity contribution is 0.282. The van der Waals surface area contributed by atoms with Gasteiger partial charge < -0.3 is 5.11 Å². The Morgan fingerprint density at radius 2 is 1.93 bits per heavy atom. The molecule has 0 spiro atoms. The fraction of sp³-hybridized carbons (Fsp3) is 0.500. The maximum atomic E-state index is 8.88. The van der Waals surface area contributed by atoms with Crippen molar-refractivity contribution >= 4 is 11.8 Å². The average molecular weight is 210 g/mol. The summed E-state index contributed by atoms with van der Waals surface area (Å²) in [4.78, 5) is 1.29. The van der Waals surface area contributed by atoms with Crippen molar-refractivity contribution in [1.82, 2.24) is 0 Å². The maximum absolute atomic E-state index is 8.88. The molecule has 0 aliphatic heterocycles. The van der Waals surface area contributed by atoms with Gasteiger partial charge in [0.15, 0.2) is 0 Å². The number of aliphatic hydroxyl groups is 1. The van der Waals surface area contributed by atoms with Crippen molar-refractivity contribution in [3.05, 3.63) is 29.8 Å². The van der Waals surface area contributed by atoms with E-state index in [0.717, 1.165) is 11.5 Å². The predicted molar refractivity (Wildman–Crippen MR) is 62.5 cm³/mol. The van der Waals surface area contributed by atoms with E-state index in [1.54, 1.807) is 0 Å². The summed E-state index contributed by atoms with van der Waals surface area (Å²) in [6.45, 7) is 4.63. The zero-order valence-electron chi connectivity index (χ0n) is 8.86. The third kappa shape index (κ3) is 3.72. The molecule has 2 heteroatoms. The van der Waals surface area contributed by atoms with E-state index >= 15 is 0 Å². The van der Waals surface area contributed by atoms with Gasteiger partial charge in [-0.3, -0.25) is 0 Å². The first-order valence-corrected chi connectivity index (χ1v) is 6.07. The van der Waals surface area contributed by atoms with Gasteiger partial charge in [-0.25, -0.2) is 0 Å². The van der Waals surface area contributed by atoms with Crippen LogP contribution in [0.4, 0.5) is 0 Å². The molecule has 0 aromatic heterocycles. The molecule has 14 heavy (non-hydrogen) atoms. The molecule has 0 radical (unpaired) electrons. The summed E-state index contributed by atoms with van der Waals surface area (Å²) in [6, 6.07) is 8.13. The molecule has 78 valence electrons. The molecule has 0 fully saturated rings. The molecular weight excluding hydrogens is 192 g/mol. The van der Waals surface area contributed by atoms with Gasteiger partial charge in [0.25, 0.3) is 0 Å². The lowest BCUT2D eigenvalue weighted by atomic mass is 10.2. The summed E-state index contributed by atoms with van der Waals surface area (Å²) in [5.41, 5.74) is 0.984. The second-order valence-electron chi connectivity index (χ2n) is 3.63. The Hall–Kier alpha value is -0.470. The van der Waals surface area contributed by atoms with Crippen LogP contribution in [-0.2, 0) is 6.61 Å². The highest BCUT2D eigenvalue weighted by atomic mass is 32.2. The van der Waals surface area contributed by atoms with Crippen LogP contribution in [0, 0.1) is 5.92 Å². The second kappa shape index (κ2) is 6.10. The van der Waals surface area contributed by atoms with E-state index < -0.39 is 0 Å². The molecule has 0 heterocycles. The van der Waals surface area contributed by atoms with Gasteiger partial charge in [-0.1, -0.05) is 32.4 Å². The molecule has 0 saturated carbocycles. The Morgan fingerprint density at radius 1 is 1.29 bits per heavy atom. The molecule has 1 N–H and O–H groups in total. The number of rotatable bonds is 5. The van der Waals surface area contributed by atoms with Crippen LogP contribution in [-0.4, -0.2) is 10.9 Å². The predicted octanol–water partition coefficient (Wildman–Crippen LogP) is 3.32. The van der Waals surface area contributed by atoms with Crippen molar-refractivity contribution < 1.29 is 5.11 Å². The molecule has 0 bridgehead atoms. The number of aliphatic hydroxyl groups excluding tert-OH is 1. The first kappa shape index (κ1) is 11.6. The highest BCUT2D eigenvalue weighted by Gasteiger charge is 2.00. The van der Waals surface area contributed by atoms with Crippen molar-refractivity contribution in [2.45, 2.75) is 31.8 Å². The largest absolute Gasteiger partial charge is 0.392 e. The van der Waals surface area contributed by atoms with Crippen LogP contribution in [0.25, 0.3) is 0 Å². The van der Waals surface area contributed by atoms with Crippen molar-refractivity contribution in [3.8, 4) is 0 Å². The van der Waals surface area contributed by atoms with Crippen LogP contribution in [0.1, 0.15) is 25.8 Å². The van der Waals surface area contributed by atoms with Gasteiger partial charge in [-0.15, -0.1) is 11.8 Å². The smallest absolute Gasteiger partial charge is 0.0681 e. The molecular formula is C12H18OS. The Morgan fingerprint density at radius 3 is 2.43 bits per heavy atom. The topological polar surface area (TPSA) is 20.2 Å². The van der Waals surface area contributed by atoms with Crippen molar-refractivity contribution in [2.75, 3.05) is 5.75 Å². The summed E-state index contributed by atoms with van der Waals surface area (Å²) < 4.78 is 0. The van der Waals surface area contributed by atoms with E-state index in [1.165, 1.54) is 17.1 Å². The van der Waals surface area contributed by atoms with E-state index in [2.05, 4.69) is 26.0 Å². The summed E-state index contributed by atoms with van der Waals surface area (Å²) in [6.07, 6.45) is 1.24. The fourth-order valence-corrected chi connectivity index (χ4v) is 2.09. The maximum Gasteiger partial charge on any atom is 0.0681 e. The molecule has 0 aliphatic rings. The zero-order valence-corrected chi connectivity index (χ0v) is 9.68. The molecule has 1 aromatic carbocycles. The fourth-order valence-electron chi connectivity index (χ4n) is 1.05. The van der Waals surface area contributed by atoms with Crippen molar-refractivity contribution in [2.24, 2.45) is 5.92 Å². The van der Waals surface area contributed by atoms with E-state index in [0.29, 0.717) is 0 Å². The normalized spacial score (nSPS) is 12.8. The molecule has 1 aromatic rings. The van der Waals surface area contributed by atoms with Crippen LogP contribution in [0.5, 0.6) is 0 Å². The lowest BCUT2D eigenvalue weighted by Crippen LogP contribution is -1.94. The monoisotopic (exact) mass is 210 g/mol. The lowest BCUT2D eigenvalue weighted by Gasteiger charge is -2.07. The minimum atomic E-state index is 0.135. The minimum Gasteiger partial charge on any atom is -0.392 e. The van der Waals surface area contributed by atoms with Gasteiger partial charge in [-0.05, 0) is 23.6 Å². The number of hydrogen-bond acceptors (Lipinski definition) is 2. The molecule has 0 aliphatic carbocycles. The van der Waals surface area contributed by atoms with Gasteiger partial charge in [-0.2, -0.15) is 0 Å². The Bertz CT molecular complexity index is 256. The molecule has 1 nitrogen and oxygen atoms in total. The van der Waals surface area contributed by atoms with Gasteiger partial charge in [0.05, 0.1) is 6.61 Å². The summed E-state index contributed by atoms with van der Waals surface area (Å²) in [7, 11) is 0. The first-order chi connectivity index (χ1) is 6.76. The Balaban J connectivity index is 2.43. The van der Waals surface area contributed by atoms with E-state index in [4.69, 9.17) is 5.11 Å². The van der Waals surface area contributed by atoms with E-state index in [9.17, 15) is 0 Å². The van der Waals surface area contributed by atoms with E-state index in [1.807, 2.05) is 23.9 Å². The van der Waals surface area contributed by atoms with Crippen molar-refractivity contribution in [1.29, 1.82) is 0 Å². The summed E-state index contributed by atoms with van der Waals surface area (Å²) >= 11 is 1.89. The van der Waals surface area contributed by atoms with Gasteiger partial charge >= 0.3 is 0 Å². The third-order valence-corrected chi connectivity index (χ3v) is 3.68. The highest BCUT2D eigenvalue weighted by Crippen LogP contribution is 2.22. The highest BCUT2D eigenvalue weighted by molar-refractivity contribution is 7.99. The van der Waals surface area contributed by atoms with Crippen LogP contribution in [0.2, 0.25) is 0 Å². The van der Waals surface area contributed by atoms with Gasteiger partial charge in [0.2, 0.25) is 0 Å². The standard InChI is InChI=1S/C12H18OS/c1-3-10(2)9-14-12-6-4-11(8-13)5-7-12/h4-7,10,13H,3,8-9H2,1-2H3. The number of hydrogen-bond donors (Lipinski definition) is 1. The average Bonchev–Trinajstić information content (AvgIpc) is 2.26. The molecule has 1 rings (SSSR count). The SMILES string of the molecule is CCC(C)CSc1ccc(CO)cc1. The molecule has 1 atom stereocenters. The third-order valence-electron chi connectivity index (χ3n) is 2.34. The molecule has 0 amide bonds. The summed E-state index contributed by atoms with van der Waals surface area (Å²) in [5.74, 6) is 1.95. The minimum absolute atomic E-state index is 0.135. The van der Waals surface area contributed by atoms with Gasteiger partial charge in [0.1, 0.15) is 0 Å². The molecule has 1 unspecified atom stereocenters. The number of benzene rings is 1. The second-order valence-corrected chi connectivity index (χ2v) is 4.72.